The quantitative estimate of drug-likeness (QED) is 0.631. The Morgan fingerprint density at radius 2 is 1.95 bits per heavy atom. The first-order valence-electron chi connectivity index (χ1n) is 7.42. The Morgan fingerprint density at radius 3 is 2.45 bits per heavy atom. The highest BCUT2D eigenvalue weighted by atomic mass is 32.2. The molecule has 1 fully saturated rings. The van der Waals surface area contributed by atoms with Gasteiger partial charge in [-0.3, -0.25) is 0 Å². The number of ether oxygens (including phenoxy) is 1. The van der Waals surface area contributed by atoms with Gasteiger partial charge in [-0.05, 0) is 25.3 Å². The van der Waals surface area contributed by atoms with Crippen molar-refractivity contribution in [3.05, 3.63) is 0 Å². The van der Waals surface area contributed by atoms with Gasteiger partial charge in [0.05, 0.1) is 12.4 Å². The van der Waals surface area contributed by atoms with Crippen LogP contribution in [0.15, 0.2) is 0 Å². The summed E-state index contributed by atoms with van der Waals surface area (Å²) in [6, 6.07) is 0.456. The summed E-state index contributed by atoms with van der Waals surface area (Å²) in [6.07, 6.45) is 3.36. The minimum absolute atomic E-state index is 0.152. The second-order valence-corrected chi connectivity index (χ2v) is 8.63. The van der Waals surface area contributed by atoms with Gasteiger partial charge in [-0.1, -0.05) is 27.7 Å². The van der Waals surface area contributed by atoms with Crippen molar-refractivity contribution >= 4 is 10.0 Å². The summed E-state index contributed by atoms with van der Waals surface area (Å²) in [7, 11) is -3.06. The number of rotatable bonds is 9. The van der Waals surface area contributed by atoms with Crippen LogP contribution in [0.4, 0.5) is 0 Å². The topological polar surface area (TPSA) is 67.4 Å². The Bertz CT molecular complexity index is 393. The molecule has 0 aromatic carbocycles. The molecule has 2 unspecified atom stereocenters. The lowest BCUT2D eigenvalue weighted by Crippen LogP contribution is -2.61. The van der Waals surface area contributed by atoms with Crippen LogP contribution >= 0.6 is 0 Å². The average Bonchev–Trinajstić information content (AvgIpc) is 2.28. The van der Waals surface area contributed by atoms with Gasteiger partial charge >= 0.3 is 0 Å². The summed E-state index contributed by atoms with van der Waals surface area (Å²) in [6.45, 7) is 10.9. The van der Waals surface area contributed by atoms with Gasteiger partial charge in [0.25, 0.3) is 0 Å². The Kier molecular flexibility index (Phi) is 6.44. The molecule has 1 aliphatic rings. The van der Waals surface area contributed by atoms with Crippen molar-refractivity contribution < 1.29 is 13.2 Å². The second kappa shape index (κ2) is 7.20. The first-order chi connectivity index (χ1) is 9.13. The van der Waals surface area contributed by atoms with E-state index in [1.807, 2.05) is 0 Å². The van der Waals surface area contributed by atoms with Gasteiger partial charge in [-0.25, -0.2) is 13.1 Å². The maximum atomic E-state index is 10.9. The lowest BCUT2D eigenvalue weighted by atomic mass is 9.64. The molecule has 0 spiro atoms. The molecule has 6 heteroatoms. The first-order valence-corrected chi connectivity index (χ1v) is 9.31. The van der Waals surface area contributed by atoms with Crippen molar-refractivity contribution in [2.45, 2.75) is 52.7 Å². The van der Waals surface area contributed by atoms with Crippen molar-refractivity contribution in [2.75, 3.05) is 26.0 Å². The highest BCUT2D eigenvalue weighted by Gasteiger charge is 2.48. The van der Waals surface area contributed by atoms with E-state index in [0.29, 0.717) is 24.6 Å². The summed E-state index contributed by atoms with van der Waals surface area (Å²) in [5.74, 6) is 0.569. The monoisotopic (exact) mass is 306 g/mol. The molecule has 0 heterocycles. The van der Waals surface area contributed by atoms with Crippen LogP contribution < -0.4 is 10.0 Å². The minimum atomic E-state index is -3.06. The molecule has 2 atom stereocenters. The van der Waals surface area contributed by atoms with Crippen molar-refractivity contribution in [1.29, 1.82) is 0 Å². The summed E-state index contributed by atoms with van der Waals surface area (Å²) in [5, 5.41) is 3.50. The van der Waals surface area contributed by atoms with Gasteiger partial charge in [-0.2, -0.15) is 0 Å². The molecule has 0 aromatic rings. The maximum Gasteiger partial charge on any atom is 0.208 e. The molecule has 0 amide bonds. The van der Waals surface area contributed by atoms with Crippen molar-refractivity contribution in [2.24, 2.45) is 11.3 Å². The van der Waals surface area contributed by atoms with Crippen LogP contribution in [0, 0.1) is 11.3 Å². The molecule has 1 saturated carbocycles. The molecule has 20 heavy (non-hydrogen) atoms. The fourth-order valence-electron chi connectivity index (χ4n) is 2.45. The predicted octanol–water partition coefficient (Wildman–Crippen LogP) is 1.36. The number of nitrogens with one attached hydrogen (secondary N) is 2. The number of hydrogen-bond donors (Lipinski definition) is 2. The Balaban J connectivity index is 2.17. The van der Waals surface area contributed by atoms with E-state index in [0.717, 1.165) is 26.0 Å². The SMILES string of the molecule is CC(C)COC1CC(NCCCNS(C)(=O)=O)C1(C)C. The minimum Gasteiger partial charge on any atom is -0.377 e. The van der Waals surface area contributed by atoms with Crippen molar-refractivity contribution in [1.82, 2.24) is 10.0 Å². The maximum absolute atomic E-state index is 10.9. The molecule has 5 nitrogen and oxygen atoms in total. The van der Waals surface area contributed by atoms with E-state index >= 15 is 0 Å². The van der Waals surface area contributed by atoms with E-state index in [2.05, 4.69) is 37.7 Å². The van der Waals surface area contributed by atoms with Crippen LogP contribution in [0.5, 0.6) is 0 Å². The van der Waals surface area contributed by atoms with E-state index in [1.54, 1.807) is 0 Å². The summed E-state index contributed by atoms with van der Waals surface area (Å²) in [5.41, 5.74) is 0.152. The largest absolute Gasteiger partial charge is 0.377 e. The Morgan fingerprint density at radius 1 is 1.30 bits per heavy atom. The lowest BCUT2D eigenvalue weighted by molar-refractivity contribution is -0.123. The third-order valence-electron chi connectivity index (χ3n) is 3.92. The molecule has 120 valence electrons. The van der Waals surface area contributed by atoms with Gasteiger partial charge in [-0.15, -0.1) is 0 Å². The van der Waals surface area contributed by atoms with Crippen LogP contribution in [0.1, 0.15) is 40.5 Å². The third kappa shape index (κ3) is 5.68. The zero-order valence-electron chi connectivity index (χ0n) is 13.4. The van der Waals surface area contributed by atoms with Crippen molar-refractivity contribution in [3.8, 4) is 0 Å². The molecule has 0 aliphatic heterocycles. The second-order valence-electron chi connectivity index (χ2n) is 6.80. The molecule has 0 aromatic heterocycles. The van der Waals surface area contributed by atoms with Crippen molar-refractivity contribution in [3.63, 3.8) is 0 Å². The standard InChI is InChI=1S/C14H30N2O3S/c1-11(2)10-19-13-9-12(14(13,3)4)15-7-6-8-16-20(5,17)18/h11-13,15-16H,6-10H2,1-5H3. The van der Waals surface area contributed by atoms with Gasteiger partial charge in [0.2, 0.25) is 10.0 Å². The normalized spacial score (nSPS) is 25.7. The zero-order valence-corrected chi connectivity index (χ0v) is 14.2. The lowest BCUT2D eigenvalue weighted by Gasteiger charge is -2.52. The molecular weight excluding hydrogens is 276 g/mol. The summed E-state index contributed by atoms with van der Waals surface area (Å²) in [4.78, 5) is 0. The highest BCUT2D eigenvalue weighted by Crippen LogP contribution is 2.42. The third-order valence-corrected chi connectivity index (χ3v) is 4.65. The Labute approximate surface area is 123 Å². The molecule has 2 N–H and O–H groups in total. The van der Waals surface area contributed by atoms with E-state index in [-0.39, 0.29) is 5.41 Å². The zero-order chi connectivity index (χ0) is 15.4. The molecule has 1 rings (SSSR count). The van der Waals surface area contributed by atoms with Crippen LogP contribution in [0.2, 0.25) is 0 Å². The molecule has 1 aliphatic carbocycles. The van der Waals surface area contributed by atoms with Gasteiger partial charge in [0.1, 0.15) is 0 Å². The number of sulfonamides is 1. The average molecular weight is 306 g/mol. The van der Waals surface area contributed by atoms with E-state index in [1.165, 1.54) is 6.26 Å². The smallest absolute Gasteiger partial charge is 0.208 e. The first kappa shape index (κ1) is 17.9. The van der Waals surface area contributed by atoms with Crippen LogP contribution in [0.3, 0.4) is 0 Å². The molecular formula is C14H30N2O3S. The van der Waals surface area contributed by atoms with E-state index < -0.39 is 10.0 Å². The van der Waals surface area contributed by atoms with Gasteiger partial charge in [0, 0.05) is 24.6 Å². The summed E-state index contributed by atoms with van der Waals surface area (Å²) < 4.78 is 30.3. The molecule has 0 saturated heterocycles. The van der Waals surface area contributed by atoms with Crippen LogP contribution in [-0.2, 0) is 14.8 Å². The van der Waals surface area contributed by atoms with Crippen LogP contribution in [0.25, 0.3) is 0 Å². The van der Waals surface area contributed by atoms with Gasteiger partial charge < -0.3 is 10.1 Å². The van der Waals surface area contributed by atoms with Crippen LogP contribution in [-0.4, -0.2) is 46.5 Å². The van der Waals surface area contributed by atoms with E-state index in [4.69, 9.17) is 4.74 Å². The van der Waals surface area contributed by atoms with Gasteiger partial charge in [0.15, 0.2) is 0 Å². The molecule has 0 bridgehead atoms. The number of hydrogen-bond acceptors (Lipinski definition) is 4. The van der Waals surface area contributed by atoms with E-state index in [9.17, 15) is 8.42 Å². The predicted molar refractivity (Wildman–Crippen MR) is 82.2 cm³/mol. The highest BCUT2D eigenvalue weighted by molar-refractivity contribution is 7.88. The fraction of sp³-hybridized carbons (Fsp3) is 1.00. The summed E-state index contributed by atoms with van der Waals surface area (Å²) >= 11 is 0. The Hall–Kier alpha value is -0.170. The molecule has 0 radical (unpaired) electrons. The fourth-order valence-corrected chi connectivity index (χ4v) is 2.96.